The number of rotatable bonds is 9. The molecule has 2 unspecified atom stereocenters. The summed E-state index contributed by atoms with van der Waals surface area (Å²) in [5.41, 5.74) is -0.485. The van der Waals surface area contributed by atoms with E-state index in [0.717, 1.165) is 32.2 Å². The van der Waals surface area contributed by atoms with Crippen molar-refractivity contribution in [3.8, 4) is 0 Å². The van der Waals surface area contributed by atoms with Crippen molar-refractivity contribution < 1.29 is 9.53 Å². The third-order valence-corrected chi connectivity index (χ3v) is 3.38. The second-order valence-electron chi connectivity index (χ2n) is 4.80. The number of esters is 1. The molecule has 0 saturated heterocycles. The van der Waals surface area contributed by atoms with E-state index >= 15 is 0 Å². The summed E-state index contributed by atoms with van der Waals surface area (Å²) in [4.78, 5) is 12.2. The zero-order chi connectivity index (χ0) is 13.3. The second kappa shape index (κ2) is 8.51. The van der Waals surface area contributed by atoms with E-state index in [1.54, 1.807) is 0 Å². The third kappa shape index (κ3) is 5.07. The average Bonchev–Trinajstić information content (AvgIpc) is 2.34. The van der Waals surface area contributed by atoms with E-state index in [1.165, 1.54) is 0 Å². The minimum atomic E-state index is -0.485. The van der Waals surface area contributed by atoms with Crippen molar-refractivity contribution in [2.45, 2.75) is 65.8 Å². The molecule has 3 nitrogen and oxygen atoms in total. The van der Waals surface area contributed by atoms with E-state index in [1.807, 2.05) is 6.92 Å². The maximum absolute atomic E-state index is 12.2. The number of hydrogen-bond donors (Lipinski definition) is 1. The standard InChI is InChI=1S/C14H29NO2/c1-6-10-15-14(8-3,11-12(5)7-2)13(16)17-9-4/h12,15H,6-11H2,1-5H3. The lowest BCUT2D eigenvalue weighted by Gasteiger charge is -2.33. The van der Waals surface area contributed by atoms with Gasteiger partial charge in [-0.2, -0.15) is 0 Å². The highest BCUT2D eigenvalue weighted by atomic mass is 16.5. The molecule has 0 amide bonds. The molecule has 0 heterocycles. The third-order valence-electron chi connectivity index (χ3n) is 3.38. The van der Waals surface area contributed by atoms with E-state index in [9.17, 15) is 4.79 Å². The molecule has 0 spiro atoms. The normalized spacial score (nSPS) is 16.3. The highest BCUT2D eigenvalue weighted by Crippen LogP contribution is 2.24. The lowest BCUT2D eigenvalue weighted by molar-refractivity contribution is -0.152. The fourth-order valence-corrected chi connectivity index (χ4v) is 2.01. The molecule has 0 saturated carbocycles. The Morgan fingerprint density at radius 2 is 1.94 bits per heavy atom. The first-order chi connectivity index (χ1) is 8.06. The van der Waals surface area contributed by atoms with Gasteiger partial charge in [0.15, 0.2) is 0 Å². The predicted molar refractivity (Wildman–Crippen MR) is 72.0 cm³/mol. The Morgan fingerprint density at radius 3 is 2.35 bits per heavy atom. The molecule has 0 radical (unpaired) electrons. The fourth-order valence-electron chi connectivity index (χ4n) is 2.01. The molecule has 102 valence electrons. The molecule has 3 heteroatoms. The average molecular weight is 243 g/mol. The fraction of sp³-hybridized carbons (Fsp3) is 0.929. The van der Waals surface area contributed by atoms with Crippen LogP contribution in [0.1, 0.15) is 60.3 Å². The summed E-state index contributed by atoms with van der Waals surface area (Å²) < 4.78 is 5.24. The summed E-state index contributed by atoms with van der Waals surface area (Å²) in [7, 11) is 0. The van der Waals surface area contributed by atoms with Gasteiger partial charge in [0.2, 0.25) is 0 Å². The smallest absolute Gasteiger partial charge is 0.326 e. The summed E-state index contributed by atoms with van der Waals surface area (Å²) in [5.74, 6) is 0.444. The molecule has 0 aromatic carbocycles. The molecule has 0 rings (SSSR count). The van der Waals surface area contributed by atoms with Crippen LogP contribution in [0.15, 0.2) is 0 Å². The highest BCUT2D eigenvalue weighted by Gasteiger charge is 2.38. The monoisotopic (exact) mass is 243 g/mol. The van der Waals surface area contributed by atoms with Crippen LogP contribution in [0.4, 0.5) is 0 Å². The number of hydrogen-bond acceptors (Lipinski definition) is 3. The van der Waals surface area contributed by atoms with Gasteiger partial charge in [-0.1, -0.05) is 34.1 Å². The molecule has 0 fully saturated rings. The zero-order valence-corrected chi connectivity index (χ0v) is 12.1. The van der Waals surface area contributed by atoms with E-state index in [-0.39, 0.29) is 5.97 Å². The van der Waals surface area contributed by atoms with Crippen LogP contribution in [-0.4, -0.2) is 24.7 Å². The van der Waals surface area contributed by atoms with Crippen LogP contribution in [0.2, 0.25) is 0 Å². The van der Waals surface area contributed by atoms with Crippen LogP contribution < -0.4 is 5.32 Å². The van der Waals surface area contributed by atoms with Crippen molar-refractivity contribution in [1.82, 2.24) is 5.32 Å². The van der Waals surface area contributed by atoms with E-state index in [2.05, 4.69) is 33.0 Å². The topological polar surface area (TPSA) is 38.3 Å². The summed E-state index contributed by atoms with van der Waals surface area (Å²) >= 11 is 0. The van der Waals surface area contributed by atoms with E-state index in [4.69, 9.17) is 4.74 Å². The van der Waals surface area contributed by atoms with Crippen molar-refractivity contribution in [1.29, 1.82) is 0 Å². The van der Waals surface area contributed by atoms with Crippen molar-refractivity contribution in [3.05, 3.63) is 0 Å². The molecule has 0 bridgehead atoms. The quantitative estimate of drug-likeness (QED) is 0.632. The minimum Gasteiger partial charge on any atom is -0.465 e. The second-order valence-corrected chi connectivity index (χ2v) is 4.80. The van der Waals surface area contributed by atoms with Crippen LogP contribution in [-0.2, 0) is 9.53 Å². The molecule has 2 atom stereocenters. The molecular formula is C14H29NO2. The molecule has 0 aromatic rings. The SMILES string of the molecule is CCCNC(CC)(CC(C)CC)C(=O)OCC. The molecule has 0 aliphatic carbocycles. The van der Waals surface area contributed by atoms with Gasteiger partial charge in [0.1, 0.15) is 5.54 Å². The van der Waals surface area contributed by atoms with Crippen molar-refractivity contribution >= 4 is 5.97 Å². The minimum absolute atomic E-state index is 0.0868. The molecule has 17 heavy (non-hydrogen) atoms. The lowest BCUT2D eigenvalue weighted by atomic mass is 9.84. The molecule has 0 aliphatic heterocycles. The maximum Gasteiger partial charge on any atom is 0.326 e. The van der Waals surface area contributed by atoms with Gasteiger partial charge in [-0.15, -0.1) is 0 Å². The highest BCUT2D eigenvalue weighted by molar-refractivity contribution is 5.80. The molecule has 0 aliphatic rings. The van der Waals surface area contributed by atoms with Gasteiger partial charge in [-0.3, -0.25) is 4.79 Å². The van der Waals surface area contributed by atoms with Crippen LogP contribution in [0.25, 0.3) is 0 Å². The largest absolute Gasteiger partial charge is 0.465 e. The van der Waals surface area contributed by atoms with Crippen LogP contribution >= 0.6 is 0 Å². The number of carbonyl (C=O) groups excluding carboxylic acids is 1. The Morgan fingerprint density at radius 1 is 1.29 bits per heavy atom. The number of nitrogens with one attached hydrogen (secondary N) is 1. The number of ether oxygens (including phenoxy) is 1. The molecular weight excluding hydrogens is 214 g/mol. The van der Waals surface area contributed by atoms with E-state index in [0.29, 0.717) is 12.5 Å². The van der Waals surface area contributed by atoms with Crippen molar-refractivity contribution in [3.63, 3.8) is 0 Å². The lowest BCUT2D eigenvalue weighted by Crippen LogP contribution is -2.53. The summed E-state index contributed by atoms with van der Waals surface area (Å²) in [5, 5.41) is 3.41. The van der Waals surface area contributed by atoms with Crippen molar-refractivity contribution in [2.75, 3.05) is 13.2 Å². The first-order valence-corrected chi connectivity index (χ1v) is 6.98. The van der Waals surface area contributed by atoms with Gasteiger partial charge in [0.25, 0.3) is 0 Å². The Labute approximate surface area is 106 Å². The predicted octanol–water partition coefficient (Wildman–Crippen LogP) is 3.13. The van der Waals surface area contributed by atoms with Crippen LogP contribution in [0, 0.1) is 5.92 Å². The molecule has 0 aromatic heterocycles. The Bertz CT molecular complexity index is 218. The van der Waals surface area contributed by atoms with Gasteiger partial charge in [-0.25, -0.2) is 0 Å². The summed E-state index contributed by atoms with van der Waals surface area (Å²) in [6.45, 7) is 11.7. The van der Waals surface area contributed by atoms with Crippen molar-refractivity contribution in [2.24, 2.45) is 5.92 Å². The maximum atomic E-state index is 12.2. The number of carbonyl (C=O) groups is 1. The molecule has 1 N–H and O–H groups in total. The van der Waals surface area contributed by atoms with Gasteiger partial charge in [0.05, 0.1) is 6.61 Å². The Hall–Kier alpha value is -0.570. The first-order valence-electron chi connectivity index (χ1n) is 6.98. The van der Waals surface area contributed by atoms with Gasteiger partial charge in [-0.05, 0) is 38.6 Å². The van der Waals surface area contributed by atoms with Crippen LogP contribution in [0.5, 0.6) is 0 Å². The van der Waals surface area contributed by atoms with E-state index < -0.39 is 5.54 Å². The Kier molecular flexibility index (Phi) is 8.23. The Balaban J connectivity index is 4.78. The van der Waals surface area contributed by atoms with Gasteiger partial charge < -0.3 is 10.1 Å². The first kappa shape index (κ1) is 16.4. The zero-order valence-electron chi connectivity index (χ0n) is 12.1. The van der Waals surface area contributed by atoms with Gasteiger partial charge in [0, 0.05) is 0 Å². The summed E-state index contributed by atoms with van der Waals surface area (Å²) in [6.07, 6.45) is 3.77. The van der Waals surface area contributed by atoms with Crippen LogP contribution in [0.3, 0.4) is 0 Å². The van der Waals surface area contributed by atoms with Gasteiger partial charge >= 0.3 is 5.97 Å². The summed E-state index contributed by atoms with van der Waals surface area (Å²) in [6, 6.07) is 0.